The monoisotopic (exact) mass is 282 g/mol. The second kappa shape index (κ2) is 6.68. The summed E-state index contributed by atoms with van der Waals surface area (Å²) in [5.41, 5.74) is 2.09. The lowest BCUT2D eigenvalue weighted by Crippen LogP contribution is -2.29. The van der Waals surface area contributed by atoms with Crippen LogP contribution in [-0.4, -0.2) is 32.5 Å². The summed E-state index contributed by atoms with van der Waals surface area (Å²) >= 11 is 0. The fourth-order valence-electron chi connectivity index (χ4n) is 2.77. The van der Waals surface area contributed by atoms with Crippen molar-refractivity contribution in [1.29, 1.82) is 0 Å². The second-order valence-corrected chi connectivity index (χ2v) is 5.56. The van der Waals surface area contributed by atoms with Gasteiger partial charge in [-0.25, -0.2) is 4.68 Å². The van der Waals surface area contributed by atoms with Gasteiger partial charge in [-0.3, -0.25) is 4.90 Å². The minimum atomic E-state index is 0.562. The summed E-state index contributed by atoms with van der Waals surface area (Å²) in [7, 11) is 0. The average molecular weight is 282 g/mol. The van der Waals surface area contributed by atoms with Crippen LogP contribution in [0.25, 0.3) is 5.69 Å². The van der Waals surface area contributed by atoms with Crippen LogP contribution in [0.4, 0.5) is 0 Å². The highest BCUT2D eigenvalue weighted by Crippen LogP contribution is 2.18. The van der Waals surface area contributed by atoms with Crippen LogP contribution in [0.3, 0.4) is 0 Å². The molecular weight excluding hydrogens is 260 g/mol. The number of para-hydroxylation sites is 1. The quantitative estimate of drug-likeness (QED) is 0.763. The summed E-state index contributed by atoms with van der Waals surface area (Å²) in [5.74, 6) is 0. The van der Waals surface area contributed by atoms with E-state index in [9.17, 15) is 0 Å². The first-order chi connectivity index (χ1) is 10.4. The molecule has 0 saturated heterocycles. The van der Waals surface area contributed by atoms with Gasteiger partial charge in [-0.15, -0.1) is 5.10 Å². The van der Waals surface area contributed by atoms with Gasteiger partial charge in [0.15, 0.2) is 0 Å². The molecule has 21 heavy (non-hydrogen) atoms. The zero-order chi connectivity index (χ0) is 14.5. The Balaban J connectivity index is 1.65. The Hall–Kier alpha value is -1.94. The third kappa shape index (κ3) is 3.39. The van der Waals surface area contributed by atoms with Crippen molar-refractivity contribution in [2.45, 2.75) is 38.8 Å². The average Bonchev–Trinajstić information content (AvgIpc) is 3.16. The molecule has 0 unspecified atom stereocenters. The van der Waals surface area contributed by atoms with Crippen LogP contribution in [-0.2, 0) is 6.54 Å². The lowest BCUT2D eigenvalue weighted by Gasteiger charge is -2.22. The third-order valence-corrected chi connectivity index (χ3v) is 3.95. The Morgan fingerprint density at radius 3 is 2.90 bits per heavy atom. The topological polar surface area (TPSA) is 34.0 Å². The molecule has 3 rings (SSSR count). The molecule has 0 aliphatic carbocycles. The molecule has 110 valence electrons. The maximum Gasteiger partial charge on any atom is 0.0972 e. The molecule has 2 heterocycles. The number of benzene rings is 1. The van der Waals surface area contributed by atoms with E-state index in [-0.39, 0.29) is 0 Å². The van der Waals surface area contributed by atoms with Gasteiger partial charge in [-0.05, 0) is 18.6 Å². The SMILES string of the molecule is CCCC[C@@H]1C=CCN1Cc1cn(-c2ccccc2)nn1. The maximum atomic E-state index is 4.31. The maximum absolute atomic E-state index is 4.31. The smallest absolute Gasteiger partial charge is 0.0972 e. The molecule has 0 saturated carbocycles. The van der Waals surface area contributed by atoms with Gasteiger partial charge in [-0.1, -0.05) is 55.3 Å². The van der Waals surface area contributed by atoms with Crippen molar-refractivity contribution in [3.05, 3.63) is 54.4 Å². The van der Waals surface area contributed by atoms with Crippen molar-refractivity contribution < 1.29 is 0 Å². The highest BCUT2D eigenvalue weighted by molar-refractivity contribution is 5.29. The van der Waals surface area contributed by atoms with Gasteiger partial charge in [0, 0.05) is 19.1 Å². The number of nitrogens with zero attached hydrogens (tertiary/aromatic N) is 4. The fourth-order valence-corrected chi connectivity index (χ4v) is 2.77. The number of hydrogen-bond acceptors (Lipinski definition) is 3. The summed E-state index contributed by atoms with van der Waals surface area (Å²) in [6, 6.07) is 10.7. The molecule has 4 heteroatoms. The number of aromatic nitrogens is 3. The molecule has 0 fully saturated rings. The lowest BCUT2D eigenvalue weighted by molar-refractivity contribution is 0.247. The van der Waals surface area contributed by atoms with Gasteiger partial charge < -0.3 is 0 Å². The van der Waals surface area contributed by atoms with Crippen LogP contribution in [0.1, 0.15) is 31.9 Å². The normalized spacial score (nSPS) is 18.4. The first kappa shape index (κ1) is 14.0. The van der Waals surface area contributed by atoms with Crippen LogP contribution in [0.2, 0.25) is 0 Å². The van der Waals surface area contributed by atoms with Gasteiger partial charge in [-0.2, -0.15) is 0 Å². The van der Waals surface area contributed by atoms with Gasteiger partial charge in [0.05, 0.1) is 17.6 Å². The minimum absolute atomic E-state index is 0.562. The molecule has 0 amide bonds. The van der Waals surface area contributed by atoms with Gasteiger partial charge >= 0.3 is 0 Å². The Morgan fingerprint density at radius 1 is 1.24 bits per heavy atom. The first-order valence-electron chi connectivity index (χ1n) is 7.74. The largest absolute Gasteiger partial charge is 0.287 e. The number of rotatable bonds is 6. The van der Waals surface area contributed by atoms with Crippen molar-refractivity contribution in [1.82, 2.24) is 19.9 Å². The van der Waals surface area contributed by atoms with Crippen LogP contribution < -0.4 is 0 Å². The van der Waals surface area contributed by atoms with Crippen molar-refractivity contribution in [2.24, 2.45) is 0 Å². The lowest BCUT2D eigenvalue weighted by atomic mass is 10.1. The molecule has 1 aliphatic rings. The first-order valence-corrected chi connectivity index (χ1v) is 7.74. The molecule has 2 aromatic rings. The van der Waals surface area contributed by atoms with Crippen LogP contribution >= 0.6 is 0 Å². The van der Waals surface area contributed by atoms with Crippen molar-refractivity contribution >= 4 is 0 Å². The van der Waals surface area contributed by atoms with E-state index in [1.807, 2.05) is 41.2 Å². The number of hydrogen-bond donors (Lipinski definition) is 0. The number of unbranched alkanes of at least 4 members (excludes halogenated alkanes) is 1. The zero-order valence-corrected chi connectivity index (χ0v) is 12.5. The van der Waals surface area contributed by atoms with Crippen molar-refractivity contribution in [2.75, 3.05) is 6.54 Å². The molecule has 4 nitrogen and oxygen atoms in total. The van der Waals surface area contributed by atoms with E-state index in [1.54, 1.807) is 0 Å². The standard InChI is InChI=1S/C17H22N4/c1-2-3-8-16-11-7-12-20(16)13-15-14-21(19-18-15)17-9-5-4-6-10-17/h4-7,9-11,14,16H,2-3,8,12-13H2,1H3/t16-/m1/s1. The van der Waals surface area contributed by atoms with E-state index in [0.717, 1.165) is 24.5 Å². The predicted molar refractivity (Wildman–Crippen MR) is 84.2 cm³/mol. The molecule has 1 aliphatic heterocycles. The molecule has 1 aromatic carbocycles. The van der Waals surface area contributed by atoms with Crippen LogP contribution in [0.15, 0.2) is 48.7 Å². The van der Waals surface area contributed by atoms with E-state index < -0.39 is 0 Å². The van der Waals surface area contributed by atoms with Gasteiger partial charge in [0.25, 0.3) is 0 Å². The predicted octanol–water partition coefficient (Wildman–Crippen LogP) is 3.20. The summed E-state index contributed by atoms with van der Waals surface area (Å²) in [4.78, 5) is 2.47. The molecule has 1 aromatic heterocycles. The van der Waals surface area contributed by atoms with Gasteiger partial charge in [0.1, 0.15) is 0 Å². The molecule has 0 bridgehead atoms. The van der Waals surface area contributed by atoms with E-state index in [0.29, 0.717) is 6.04 Å². The highest BCUT2D eigenvalue weighted by atomic mass is 15.4. The summed E-state index contributed by atoms with van der Waals surface area (Å²) in [6.07, 6.45) is 10.4. The zero-order valence-electron chi connectivity index (χ0n) is 12.5. The fraction of sp³-hybridized carbons (Fsp3) is 0.412. The van der Waals surface area contributed by atoms with E-state index >= 15 is 0 Å². The molecule has 0 spiro atoms. The van der Waals surface area contributed by atoms with Crippen LogP contribution in [0, 0.1) is 0 Å². The summed E-state index contributed by atoms with van der Waals surface area (Å²) < 4.78 is 1.85. The Kier molecular flexibility index (Phi) is 4.46. The van der Waals surface area contributed by atoms with Crippen LogP contribution in [0.5, 0.6) is 0 Å². The highest BCUT2D eigenvalue weighted by Gasteiger charge is 2.20. The van der Waals surface area contributed by atoms with E-state index in [4.69, 9.17) is 0 Å². The second-order valence-electron chi connectivity index (χ2n) is 5.56. The Morgan fingerprint density at radius 2 is 2.10 bits per heavy atom. The third-order valence-electron chi connectivity index (χ3n) is 3.95. The molecule has 1 atom stereocenters. The van der Waals surface area contributed by atoms with Gasteiger partial charge in [0.2, 0.25) is 0 Å². The minimum Gasteiger partial charge on any atom is -0.287 e. The summed E-state index contributed by atoms with van der Waals surface area (Å²) in [6.45, 7) is 4.13. The Labute approximate surface area is 126 Å². The molecular formula is C17H22N4. The van der Waals surface area contributed by atoms with Crippen molar-refractivity contribution in [3.8, 4) is 5.69 Å². The van der Waals surface area contributed by atoms with E-state index in [1.165, 1.54) is 19.3 Å². The Bertz CT molecular complexity index is 588. The van der Waals surface area contributed by atoms with Crippen molar-refractivity contribution in [3.63, 3.8) is 0 Å². The molecule has 0 radical (unpaired) electrons. The van der Waals surface area contributed by atoms with E-state index in [2.05, 4.69) is 34.3 Å². The summed E-state index contributed by atoms with van der Waals surface area (Å²) in [5, 5.41) is 8.55. The molecule has 0 N–H and O–H groups in total.